The first-order valence-corrected chi connectivity index (χ1v) is 10.6. The third kappa shape index (κ3) is 6.27. The van der Waals surface area contributed by atoms with E-state index in [2.05, 4.69) is 30.9 Å². The number of carbonyl (C=O) groups is 1. The zero-order chi connectivity index (χ0) is 23.1. The van der Waals surface area contributed by atoms with Gasteiger partial charge in [0.15, 0.2) is 0 Å². The van der Waals surface area contributed by atoms with E-state index in [1.807, 2.05) is 6.92 Å². The van der Waals surface area contributed by atoms with Crippen molar-refractivity contribution in [1.29, 1.82) is 0 Å². The molecular formula is C21H23Cl2N7O2. The highest BCUT2D eigenvalue weighted by atomic mass is 35.5. The van der Waals surface area contributed by atoms with Gasteiger partial charge in [-0.3, -0.25) is 4.79 Å². The first kappa shape index (κ1) is 23.7. The smallest absolute Gasteiger partial charge is 0.258 e. The first-order chi connectivity index (χ1) is 15.4. The number of carbonyl (C=O) groups excluding carboxylic acids is 1. The van der Waals surface area contributed by atoms with E-state index in [0.717, 1.165) is 11.3 Å². The molecule has 0 aliphatic heterocycles. The van der Waals surface area contributed by atoms with Crippen molar-refractivity contribution in [3.05, 3.63) is 63.4 Å². The van der Waals surface area contributed by atoms with Crippen LogP contribution in [0.25, 0.3) is 0 Å². The molecule has 0 saturated carbocycles. The number of hydrogen-bond acceptors (Lipinski definition) is 8. The van der Waals surface area contributed by atoms with Crippen LogP contribution in [0.4, 0.5) is 23.3 Å². The minimum absolute atomic E-state index is 0.0833. The Morgan fingerprint density at radius 2 is 1.88 bits per heavy atom. The lowest BCUT2D eigenvalue weighted by molar-refractivity contribution is 0.102. The number of anilines is 4. The summed E-state index contributed by atoms with van der Waals surface area (Å²) in [5.41, 5.74) is 7.76. The highest BCUT2D eigenvalue weighted by Crippen LogP contribution is 2.28. The van der Waals surface area contributed by atoms with Crippen LogP contribution in [0.15, 0.2) is 36.5 Å². The van der Waals surface area contributed by atoms with Gasteiger partial charge in [-0.1, -0.05) is 23.2 Å². The van der Waals surface area contributed by atoms with Crippen LogP contribution >= 0.6 is 23.2 Å². The number of nitrogens with two attached hydrogens (primary N) is 1. The van der Waals surface area contributed by atoms with Crippen molar-refractivity contribution in [2.45, 2.75) is 19.9 Å². The minimum Gasteiger partial charge on any atom is -0.396 e. The molecule has 2 aromatic heterocycles. The molecule has 0 aliphatic carbocycles. The fourth-order valence-electron chi connectivity index (χ4n) is 2.85. The number of aliphatic hydroxyl groups excluding tert-OH is 1. The van der Waals surface area contributed by atoms with Gasteiger partial charge in [-0.05, 0) is 37.1 Å². The molecule has 11 heteroatoms. The molecule has 1 amide bonds. The molecule has 6 N–H and O–H groups in total. The van der Waals surface area contributed by atoms with Gasteiger partial charge >= 0.3 is 0 Å². The Balaban J connectivity index is 1.74. The van der Waals surface area contributed by atoms with Crippen LogP contribution in [0.3, 0.4) is 0 Å². The van der Waals surface area contributed by atoms with Gasteiger partial charge in [0.1, 0.15) is 11.6 Å². The summed E-state index contributed by atoms with van der Waals surface area (Å²) in [6.45, 7) is 2.75. The topological polar surface area (TPSA) is 138 Å². The summed E-state index contributed by atoms with van der Waals surface area (Å²) in [6.07, 6.45) is 2.14. The van der Waals surface area contributed by atoms with E-state index in [0.29, 0.717) is 36.2 Å². The SMILES string of the molecule is Cc1cc(Nc2cc(NC(=O)c3c(Cl)cc(CN)cc3Cl)ccn2)nc(NCCCO)n1. The molecule has 0 saturated heterocycles. The van der Waals surface area contributed by atoms with Crippen LogP contribution in [0.2, 0.25) is 10.0 Å². The quantitative estimate of drug-likeness (QED) is 0.295. The van der Waals surface area contributed by atoms with Gasteiger partial charge in [0.2, 0.25) is 5.95 Å². The molecule has 0 fully saturated rings. The van der Waals surface area contributed by atoms with Crippen molar-refractivity contribution in [2.24, 2.45) is 5.73 Å². The molecule has 0 atom stereocenters. The van der Waals surface area contributed by atoms with Gasteiger partial charge in [0.05, 0.1) is 15.6 Å². The second-order valence-corrected chi connectivity index (χ2v) is 7.68. The Bertz CT molecular complexity index is 1090. The summed E-state index contributed by atoms with van der Waals surface area (Å²) >= 11 is 12.5. The maximum absolute atomic E-state index is 12.7. The van der Waals surface area contributed by atoms with Crippen LogP contribution in [0, 0.1) is 6.92 Å². The van der Waals surface area contributed by atoms with Crippen molar-refractivity contribution < 1.29 is 9.90 Å². The van der Waals surface area contributed by atoms with Crippen LogP contribution in [0.5, 0.6) is 0 Å². The summed E-state index contributed by atoms with van der Waals surface area (Å²) in [5.74, 6) is 0.992. The number of nitrogens with one attached hydrogen (secondary N) is 3. The van der Waals surface area contributed by atoms with E-state index in [-0.39, 0.29) is 28.8 Å². The van der Waals surface area contributed by atoms with Gasteiger partial charge in [-0.15, -0.1) is 0 Å². The number of pyridine rings is 1. The number of nitrogens with zero attached hydrogens (tertiary/aromatic N) is 3. The molecule has 0 spiro atoms. The standard InChI is InChI=1S/C21H23Cl2N7O2/c1-12-7-18(30-21(27-12)26-4-2-6-31)29-17-10-14(3-5-25-17)28-20(32)19-15(22)8-13(11-24)9-16(19)23/h3,5,7-10,31H,2,4,6,11,24H2,1H3,(H3,25,26,27,28,29,30,32). The van der Waals surface area contributed by atoms with Crippen molar-refractivity contribution in [3.8, 4) is 0 Å². The first-order valence-electron chi connectivity index (χ1n) is 9.82. The number of hydrogen-bond donors (Lipinski definition) is 5. The molecule has 0 radical (unpaired) electrons. The second kappa shape index (κ2) is 11.1. The van der Waals surface area contributed by atoms with Gasteiger partial charge in [-0.2, -0.15) is 4.98 Å². The van der Waals surface area contributed by atoms with Crippen molar-refractivity contribution in [1.82, 2.24) is 15.0 Å². The maximum atomic E-state index is 12.7. The average molecular weight is 476 g/mol. The van der Waals surface area contributed by atoms with E-state index < -0.39 is 5.91 Å². The zero-order valence-corrected chi connectivity index (χ0v) is 18.8. The monoisotopic (exact) mass is 475 g/mol. The largest absolute Gasteiger partial charge is 0.396 e. The van der Waals surface area contributed by atoms with Crippen molar-refractivity contribution >= 4 is 52.4 Å². The lowest BCUT2D eigenvalue weighted by Crippen LogP contribution is -2.14. The number of aliphatic hydroxyl groups is 1. The van der Waals surface area contributed by atoms with E-state index in [1.165, 1.54) is 0 Å². The lowest BCUT2D eigenvalue weighted by atomic mass is 10.1. The molecular weight excluding hydrogens is 453 g/mol. The zero-order valence-electron chi connectivity index (χ0n) is 17.3. The molecule has 0 bridgehead atoms. The van der Waals surface area contributed by atoms with Crippen LogP contribution < -0.4 is 21.7 Å². The normalized spacial score (nSPS) is 10.7. The summed E-state index contributed by atoms with van der Waals surface area (Å²) < 4.78 is 0. The molecule has 168 valence electrons. The Kier molecular flexibility index (Phi) is 8.18. The lowest BCUT2D eigenvalue weighted by Gasteiger charge is -2.12. The van der Waals surface area contributed by atoms with Gasteiger partial charge in [0.25, 0.3) is 5.91 Å². The summed E-state index contributed by atoms with van der Waals surface area (Å²) in [5, 5.41) is 18.3. The third-order valence-electron chi connectivity index (χ3n) is 4.31. The number of amides is 1. The molecule has 32 heavy (non-hydrogen) atoms. The van der Waals surface area contributed by atoms with Crippen LogP contribution in [0.1, 0.15) is 28.0 Å². The number of benzene rings is 1. The minimum atomic E-state index is -0.450. The van der Waals surface area contributed by atoms with E-state index in [9.17, 15) is 4.79 Å². The summed E-state index contributed by atoms with van der Waals surface area (Å²) in [6, 6.07) is 8.30. The predicted octanol–water partition coefficient (Wildman–Crippen LogP) is 3.74. The number of rotatable bonds is 9. The summed E-state index contributed by atoms with van der Waals surface area (Å²) in [7, 11) is 0. The Morgan fingerprint density at radius 1 is 1.12 bits per heavy atom. The van der Waals surface area contributed by atoms with Gasteiger partial charge in [0, 0.05) is 49.4 Å². The highest BCUT2D eigenvalue weighted by molar-refractivity contribution is 6.40. The second-order valence-electron chi connectivity index (χ2n) is 6.87. The van der Waals surface area contributed by atoms with Crippen molar-refractivity contribution in [3.63, 3.8) is 0 Å². The van der Waals surface area contributed by atoms with Crippen LogP contribution in [-0.4, -0.2) is 39.1 Å². The van der Waals surface area contributed by atoms with E-state index in [4.69, 9.17) is 34.0 Å². The number of aryl methyl sites for hydroxylation is 1. The average Bonchev–Trinajstić information content (AvgIpc) is 2.73. The third-order valence-corrected chi connectivity index (χ3v) is 4.91. The van der Waals surface area contributed by atoms with Gasteiger partial charge < -0.3 is 26.8 Å². The molecule has 3 rings (SSSR count). The maximum Gasteiger partial charge on any atom is 0.258 e. The van der Waals surface area contributed by atoms with E-state index >= 15 is 0 Å². The summed E-state index contributed by atoms with van der Waals surface area (Å²) in [4.78, 5) is 25.7. The fourth-order valence-corrected chi connectivity index (χ4v) is 3.56. The Hall–Kier alpha value is -2.98. The molecule has 9 nitrogen and oxygen atoms in total. The number of halogens is 2. The molecule has 0 aliphatic rings. The van der Waals surface area contributed by atoms with Crippen LogP contribution in [-0.2, 0) is 6.54 Å². The highest BCUT2D eigenvalue weighted by Gasteiger charge is 2.16. The molecule has 2 heterocycles. The van der Waals surface area contributed by atoms with Crippen molar-refractivity contribution in [2.75, 3.05) is 29.1 Å². The number of aromatic nitrogens is 3. The van der Waals surface area contributed by atoms with E-state index in [1.54, 1.807) is 36.5 Å². The molecule has 3 aromatic rings. The molecule has 0 unspecified atom stereocenters. The predicted molar refractivity (Wildman–Crippen MR) is 127 cm³/mol. The molecule has 1 aromatic carbocycles. The Morgan fingerprint density at radius 3 is 2.56 bits per heavy atom. The Labute approximate surface area is 195 Å². The fraction of sp³-hybridized carbons (Fsp3) is 0.238. The van der Waals surface area contributed by atoms with Gasteiger partial charge in [-0.25, -0.2) is 9.97 Å².